The van der Waals surface area contributed by atoms with Crippen molar-refractivity contribution in [2.75, 3.05) is 18.2 Å². The Kier molecular flexibility index (Phi) is 5.74. The van der Waals surface area contributed by atoms with Crippen LogP contribution in [0.15, 0.2) is 23.1 Å². The quantitative estimate of drug-likeness (QED) is 0.387. The third-order valence-corrected chi connectivity index (χ3v) is 5.02. The maximum atomic E-state index is 12.2. The van der Waals surface area contributed by atoms with Crippen molar-refractivity contribution < 1.29 is 13.3 Å². The molecule has 1 aromatic rings. The van der Waals surface area contributed by atoms with Crippen molar-refractivity contribution in [3.8, 4) is 0 Å². The summed E-state index contributed by atoms with van der Waals surface area (Å²) in [6.07, 6.45) is 1.86. The van der Waals surface area contributed by atoms with Gasteiger partial charge in [0.15, 0.2) is 0 Å². The Morgan fingerprint density at radius 1 is 1.50 bits per heavy atom. The van der Waals surface area contributed by atoms with Gasteiger partial charge >= 0.3 is 0 Å². The average Bonchev–Trinajstić information content (AvgIpc) is 2.43. The molecule has 1 rings (SSSR count). The number of hydrogen-bond donors (Lipinski definition) is 3. The number of nitrogens with zero attached hydrogens (tertiary/aromatic N) is 1. The molecular formula is C10H16N4O4S2. The van der Waals surface area contributed by atoms with Crippen molar-refractivity contribution in [2.45, 2.75) is 17.1 Å². The number of nitro groups is 1. The largest absolute Gasteiger partial charge is 0.323 e. The standard InChI is InChI=1S/C10H16N4O4S2/c1-7(19-2)6-12-20(17,18)10-5-8(14(15)16)3-4-9(10)13-11/h3-5,7,12-13H,6,11H2,1-2H3. The number of nitro benzene ring substituents is 1. The van der Waals surface area contributed by atoms with Crippen LogP contribution in [0.25, 0.3) is 0 Å². The fourth-order valence-electron chi connectivity index (χ4n) is 1.35. The molecule has 0 aliphatic heterocycles. The van der Waals surface area contributed by atoms with Crippen LogP contribution in [-0.2, 0) is 10.0 Å². The molecule has 4 N–H and O–H groups in total. The van der Waals surface area contributed by atoms with E-state index in [1.54, 1.807) is 0 Å². The Balaban J connectivity index is 3.14. The van der Waals surface area contributed by atoms with E-state index in [9.17, 15) is 18.5 Å². The van der Waals surface area contributed by atoms with Crippen LogP contribution < -0.4 is 16.0 Å². The summed E-state index contributed by atoms with van der Waals surface area (Å²) < 4.78 is 26.7. The molecule has 10 heteroatoms. The van der Waals surface area contributed by atoms with Gasteiger partial charge in [0.2, 0.25) is 10.0 Å². The third kappa shape index (κ3) is 4.07. The second-order valence-electron chi connectivity index (χ2n) is 3.98. The first kappa shape index (κ1) is 16.7. The molecule has 20 heavy (non-hydrogen) atoms. The zero-order valence-electron chi connectivity index (χ0n) is 11.0. The minimum Gasteiger partial charge on any atom is -0.323 e. The number of nitrogens with two attached hydrogens (primary N) is 1. The fourth-order valence-corrected chi connectivity index (χ4v) is 3.03. The van der Waals surface area contributed by atoms with Crippen molar-refractivity contribution >= 4 is 33.2 Å². The van der Waals surface area contributed by atoms with Crippen LogP contribution >= 0.6 is 11.8 Å². The van der Waals surface area contributed by atoms with Gasteiger partial charge in [-0.15, -0.1) is 0 Å². The molecule has 1 unspecified atom stereocenters. The molecule has 0 aliphatic carbocycles. The van der Waals surface area contributed by atoms with Crippen molar-refractivity contribution in [2.24, 2.45) is 5.84 Å². The first-order valence-electron chi connectivity index (χ1n) is 5.59. The predicted molar refractivity (Wildman–Crippen MR) is 79.1 cm³/mol. The first-order valence-corrected chi connectivity index (χ1v) is 8.36. The van der Waals surface area contributed by atoms with E-state index < -0.39 is 14.9 Å². The van der Waals surface area contributed by atoms with Gasteiger partial charge in [0.25, 0.3) is 5.69 Å². The molecule has 0 spiro atoms. The Bertz CT molecular complexity index is 591. The maximum absolute atomic E-state index is 12.2. The molecule has 112 valence electrons. The number of rotatable bonds is 7. The van der Waals surface area contributed by atoms with E-state index in [0.29, 0.717) is 0 Å². The third-order valence-electron chi connectivity index (χ3n) is 2.58. The molecule has 8 nitrogen and oxygen atoms in total. The highest BCUT2D eigenvalue weighted by molar-refractivity contribution is 7.99. The van der Waals surface area contributed by atoms with Crippen LogP contribution in [0.4, 0.5) is 11.4 Å². The van der Waals surface area contributed by atoms with E-state index in [4.69, 9.17) is 5.84 Å². The number of thioether (sulfide) groups is 1. The summed E-state index contributed by atoms with van der Waals surface area (Å²) in [5.41, 5.74) is 2.00. The van der Waals surface area contributed by atoms with Gasteiger partial charge in [-0.3, -0.25) is 16.0 Å². The topological polar surface area (TPSA) is 127 Å². The van der Waals surface area contributed by atoms with Crippen LogP contribution in [0.5, 0.6) is 0 Å². The van der Waals surface area contributed by atoms with Crippen LogP contribution in [0.3, 0.4) is 0 Å². The number of anilines is 1. The smallest absolute Gasteiger partial charge is 0.270 e. The number of non-ortho nitro benzene ring substituents is 1. The van der Waals surface area contributed by atoms with Gasteiger partial charge in [-0.2, -0.15) is 11.8 Å². The fraction of sp³-hybridized carbons (Fsp3) is 0.400. The molecule has 0 aromatic heterocycles. The van der Waals surface area contributed by atoms with Crippen LogP contribution in [-0.4, -0.2) is 31.4 Å². The Labute approximate surface area is 121 Å². The van der Waals surface area contributed by atoms with Gasteiger partial charge in [-0.25, -0.2) is 13.1 Å². The lowest BCUT2D eigenvalue weighted by molar-refractivity contribution is -0.385. The predicted octanol–water partition coefficient (Wildman–Crippen LogP) is 0.910. The number of nitrogens with one attached hydrogen (secondary N) is 2. The van der Waals surface area contributed by atoms with Crippen molar-refractivity contribution in [3.63, 3.8) is 0 Å². The molecule has 0 amide bonds. The summed E-state index contributed by atoms with van der Waals surface area (Å²) in [6.45, 7) is 2.08. The molecule has 0 fully saturated rings. The molecule has 1 atom stereocenters. The van der Waals surface area contributed by atoms with E-state index in [1.807, 2.05) is 13.2 Å². The molecule has 0 aliphatic rings. The number of hydrazine groups is 1. The summed E-state index contributed by atoms with van der Waals surface area (Å²) in [7, 11) is -3.87. The maximum Gasteiger partial charge on any atom is 0.270 e. The van der Waals surface area contributed by atoms with Crippen LogP contribution in [0, 0.1) is 10.1 Å². The van der Waals surface area contributed by atoms with Crippen molar-refractivity contribution in [1.29, 1.82) is 0 Å². The number of nitrogen functional groups attached to an aromatic ring is 1. The average molecular weight is 320 g/mol. The summed E-state index contributed by atoms with van der Waals surface area (Å²) in [4.78, 5) is 9.82. The van der Waals surface area contributed by atoms with E-state index in [1.165, 1.54) is 23.9 Å². The van der Waals surface area contributed by atoms with Gasteiger partial charge in [0.05, 0.1) is 10.6 Å². The molecule has 0 saturated heterocycles. The molecule has 0 saturated carbocycles. The normalized spacial score (nSPS) is 12.9. The number of sulfonamides is 1. The van der Waals surface area contributed by atoms with E-state index >= 15 is 0 Å². The van der Waals surface area contributed by atoms with Gasteiger partial charge in [-0.1, -0.05) is 6.92 Å². The molecule has 1 aromatic carbocycles. The van der Waals surface area contributed by atoms with Gasteiger partial charge in [0.1, 0.15) is 4.90 Å². The van der Waals surface area contributed by atoms with Gasteiger partial charge in [0, 0.05) is 23.9 Å². The van der Waals surface area contributed by atoms with Gasteiger partial charge in [-0.05, 0) is 12.3 Å². The molecule has 0 heterocycles. The van der Waals surface area contributed by atoms with Crippen LogP contribution in [0.1, 0.15) is 6.92 Å². The van der Waals surface area contributed by atoms with E-state index in [2.05, 4.69) is 10.1 Å². The lowest BCUT2D eigenvalue weighted by atomic mass is 10.3. The summed E-state index contributed by atoms with van der Waals surface area (Å²) >= 11 is 1.50. The molecule has 0 bridgehead atoms. The number of hydrogen-bond acceptors (Lipinski definition) is 7. The Morgan fingerprint density at radius 3 is 2.65 bits per heavy atom. The lowest BCUT2D eigenvalue weighted by Crippen LogP contribution is -2.30. The number of benzene rings is 1. The van der Waals surface area contributed by atoms with E-state index in [-0.39, 0.29) is 28.1 Å². The Morgan fingerprint density at radius 2 is 2.15 bits per heavy atom. The van der Waals surface area contributed by atoms with Crippen molar-refractivity contribution in [3.05, 3.63) is 28.3 Å². The zero-order valence-corrected chi connectivity index (χ0v) is 12.6. The van der Waals surface area contributed by atoms with Gasteiger partial charge < -0.3 is 5.43 Å². The lowest BCUT2D eigenvalue weighted by Gasteiger charge is -2.13. The highest BCUT2D eigenvalue weighted by Gasteiger charge is 2.22. The zero-order chi connectivity index (χ0) is 15.3. The highest BCUT2D eigenvalue weighted by Crippen LogP contribution is 2.25. The van der Waals surface area contributed by atoms with Crippen LogP contribution in [0.2, 0.25) is 0 Å². The second kappa shape index (κ2) is 6.88. The highest BCUT2D eigenvalue weighted by atomic mass is 32.2. The summed E-state index contributed by atoms with van der Waals surface area (Å²) in [5, 5.41) is 10.8. The molecule has 0 radical (unpaired) electrons. The Hall–Kier alpha value is -1.36. The van der Waals surface area contributed by atoms with Crippen molar-refractivity contribution in [1.82, 2.24) is 4.72 Å². The SMILES string of the molecule is CSC(C)CNS(=O)(=O)c1cc([N+](=O)[O-])ccc1NN. The summed E-state index contributed by atoms with van der Waals surface area (Å²) in [5.74, 6) is 5.24. The second-order valence-corrected chi connectivity index (χ2v) is 6.99. The monoisotopic (exact) mass is 320 g/mol. The summed E-state index contributed by atoms with van der Waals surface area (Å²) in [6, 6.07) is 3.41. The van der Waals surface area contributed by atoms with E-state index in [0.717, 1.165) is 6.07 Å². The molecular weight excluding hydrogens is 304 g/mol. The minimum absolute atomic E-state index is 0.0813. The minimum atomic E-state index is -3.87. The first-order chi connectivity index (χ1) is 9.31.